The number of nitrogens with zero attached hydrogens (tertiary/aromatic N) is 1. The Kier molecular flexibility index (Phi) is 33.0. The molecule has 0 aliphatic carbocycles. The Morgan fingerprint density at radius 1 is 0.625 bits per heavy atom. The molecule has 1 aliphatic heterocycles. The molecule has 64 heavy (non-hydrogen) atoms. The van der Waals surface area contributed by atoms with Crippen LogP contribution in [0.2, 0.25) is 0 Å². The van der Waals surface area contributed by atoms with Crippen LogP contribution in [0.25, 0.3) is 0 Å². The number of ketones is 2. The molecular weight excluding hydrogens is 842 g/mol. The van der Waals surface area contributed by atoms with Crippen molar-refractivity contribution in [1.82, 2.24) is 15.5 Å². The van der Waals surface area contributed by atoms with Gasteiger partial charge in [0.2, 0.25) is 5.91 Å². The van der Waals surface area contributed by atoms with E-state index in [9.17, 15) is 38.7 Å². The van der Waals surface area contributed by atoms with Crippen LogP contribution in [-0.4, -0.2) is 182 Å². The van der Waals surface area contributed by atoms with Crippen molar-refractivity contribution >= 4 is 41.4 Å². The van der Waals surface area contributed by atoms with E-state index in [1.807, 2.05) is 0 Å². The molecule has 0 saturated carbocycles. The summed E-state index contributed by atoms with van der Waals surface area (Å²) in [4.78, 5) is 85.2. The summed E-state index contributed by atoms with van der Waals surface area (Å²) in [5, 5.41) is 15.1. The first-order chi connectivity index (χ1) is 30.6. The van der Waals surface area contributed by atoms with E-state index >= 15 is 0 Å². The minimum atomic E-state index is -1.08. The molecular formula is C44H75N3O17. The van der Waals surface area contributed by atoms with Crippen LogP contribution in [0.1, 0.15) is 86.0 Å². The maximum atomic E-state index is 13.0. The predicted molar refractivity (Wildman–Crippen MR) is 231 cm³/mol. The second-order valence-electron chi connectivity index (χ2n) is 16.1. The van der Waals surface area contributed by atoms with Gasteiger partial charge in [0.1, 0.15) is 11.4 Å². The molecule has 0 spiro atoms. The fourth-order valence-electron chi connectivity index (χ4n) is 5.76. The van der Waals surface area contributed by atoms with Crippen molar-refractivity contribution in [1.29, 1.82) is 0 Å². The molecule has 20 nitrogen and oxygen atoms in total. The lowest BCUT2D eigenvalue weighted by Crippen LogP contribution is -2.45. The number of aliphatic carboxylic acids is 1. The standard InChI is InChI=1S/C44H75N3O17/c1-34(2)41(37(49)33-35(42(53)54)9-6-7-15-45-43(55)64-44(3,4)5)46-38(50)14-18-57-20-22-59-24-26-61-28-30-63-32-31-62-29-27-60-25-23-58-21-19-56-17-8-10-36(48)13-16-47-39(51)11-12-40(47)52/h11-12,34-35,41H,6-10,13-33H2,1-5H3,(H,45,55)(H,46,50)(H,53,54)/t35-,41+/m1/s1. The molecule has 0 unspecified atom stereocenters. The first-order valence-corrected chi connectivity index (χ1v) is 22.3. The van der Waals surface area contributed by atoms with Gasteiger partial charge in [0.15, 0.2) is 5.78 Å². The summed E-state index contributed by atoms with van der Waals surface area (Å²) in [6.45, 7) is 15.3. The number of imide groups is 1. The van der Waals surface area contributed by atoms with Gasteiger partial charge >= 0.3 is 12.1 Å². The number of alkyl carbamates (subject to hydrolysis) is 1. The molecule has 4 amide bonds. The minimum Gasteiger partial charge on any atom is -0.481 e. The quantitative estimate of drug-likeness (QED) is 0.0588. The number of carboxylic acid groups (broad SMARTS) is 1. The van der Waals surface area contributed by atoms with Crippen molar-refractivity contribution in [3.05, 3.63) is 12.2 Å². The third-order valence-electron chi connectivity index (χ3n) is 9.11. The third kappa shape index (κ3) is 31.9. The molecule has 1 aliphatic rings. The fraction of sp³-hybridized carbons (Fsp3) is 0.795. The van der Waals surface area contributed by atoms with E-state index < -0.39 is 29.6 Å². The number of rotatable bonds is 42. The zero-order valence-electron chi connectivity index (χ0n) is 38.7. The van der Waals surface area contributed by atoms with E-state index in [1.54, 1.807) is 34.6 Å². The summed E-state index contributed by atoms with van der Waals surface area (Å²) in [5.74, 6) is -3.71. The van der Waals surface area contributed by atoms with Crippen molar-refractivity contribution < 1.29 is 81.3 Å². The highest BCUT2D eigenvalue weighted by atomic mass is 16.6. The topological polar surface area (TPSA) is 250 Å². The Hall–Kier alpha value is -3.89. The van der Waals surface area contributed by atoms with Crippen LogP contribution in [0, 0.1) is 11.8 Å². The maximum Gasteiger partial charge on any atom is 0.407 e. The smallest absolute Gasteiger partial charge is 0.407 e. The van der Waals surface area contributed by atoms with Gasteiger partial charge in [-0.3, -0.25) is 33.7 Å². The number of ether oxygens (including phenoxy) is 9. The van der Waals surface area contributed by atoms with E-state index in [2.05, 4.69) is 10.6 Å². The molecule has 368 valence electrons. The van der Waals surface area contributed by atoms with Gasteiger partial charge in [0, 0.05) is 57.5 Å². The number of nitrogens with one attached hydrogen (secondary N) is 2. The van der Waals surface area contributed by atoms with Crippen LogP contribution >= 0.6 is 0 Å². The highest BCUT2D eigenvalue weighted by Crippen LogP contribution is 2.17. The minimum absolute atomic E-state index is 0.0205. The highest BCUT2D eigenvalue weighted by molar-refractivity contribution is 6.13. The maximum absolute atomic E-state index is 13.0. The first kappa shape index (κ1) is 58.1. The van der Waals surface area contributed by atoms with Gasteiger partial charge in [0.25, 0.3) is 11.8 Å². The third-order valence-corrected chi connectivity index (χ3v) is 9.11. The first-order valence-electron chi connectivity index (χ1n) is 22.3. The van der Waals surface area contributed by atoms with Crippen molar-refractivity contribution in [2.24, 2.45) is 11.8 Å². The van der Waals surface area contributed by atoms with Crippen LogP contribution in [-0.2, 0) is 71.4 Å². The van der Waals surface area contributed by atoms with E-state index in [0.29, 0.717) is 125 Å². The van der Waals surface area contributed by atoms with Crippen molar-refractivity contribution in [2.45, 2.75) is 97.6 Å². The summed E-state index contributed by atoms with van der Waals surface area (Å²) in [5.41, 5.74) is -0.614. The molecule has 3 N–H and O–H groups in total. The number of amides is 4. The van der Waals surface area contributed by atoms with Gasteiger partial charge in [-0.2, -0.15) is 0 Å². The van der Waals surface area contributed by atoms with Crippen molar-refractivity contribution in [3.63, 3.8) is 0 Å². The average molecular weight is 918 g/mol. The van der Waals surface area contributed by atoms with Gasteiger partial charge in [-0.05, 0) is 46.0 Å². The molecule has 0 saturated heterocycles. The molecule has 20 heteroatoms. The van der Waals surface area contributed by atoms with E-state index in [-0.39, 0.29) is 80.6 Å². The Balaban J connectivity index is 1.90. The average Bonchev–Trinajstić information content (AvgIpc) is 3.55. The summed E-state index contributed by atoms with van der Waals surface area (Å²) in [6, 6.07) is -0.819. The number of unbranched alkanes of at least 4 members (excludes halogenated alkanes) is 1. The lowest BCUT2D eigenvalue weighted by atomic mass is 9.89. The van der Waals surface area contributed by atoms with Gasteiger partial charge in [0.05, 0.1) is 111 Å². The predicted octanol–water partition coefficient (Wildman–Crippen LogP) is 2.67. The Morgan fingerprint density at radius 2 is 1.08 bits per heavy atom. The number of Topliss-reactive ketones (excluding diaryl/α,β-unsaturated/α-hetero) is 2. The number of carboxylic acids is 1. The normalized spacial score (nSPS) is 13.7. The molecule has 1 rings (SSSR count). The highest BCUT2D eigenvalue weighted by Gasteiger charge is 2.29. The van der Waals surface area contributed by atoms with E-state index in [0.717, 1.165) is 4.90 Å². The van der Waals surface area contributed by atoms with Crippen molar-refractivity contribution in [2.75, 3.05) is 119 Å². The van der Waals surface area contributed by atoms with Crippen molar-refractivity contribution in [3.8, 4) is 0 Å². The Morgan fingerprint density at radius 3 is 1.52 bits per heavy atom. The lowest BCUT2D eigenvalue weighted by molar-refractivity contribution is -0.144. The second-order valence-corrected chi connectivity index (χ2v) is 16.1. The Bertz CT molecular complexity index is 1370. The number of carbonyl (C=O) groups excluding carboxylic acids is 6. The van der Waals surface area contributed by atoms with Gasteiger partial charge in [-0.15, -0.1) is 0 Å². The monoisotopic (exact) mass is 918 g/mol. The second kappa shape index (κ2) is 36.3. The fourth-order valence-corrected chi connectivity index (χ4v) is 5.76. The molecule has 1 heterocycles. The van der Waals surface area contributed by atoms with Crippen LogP contribution in [0.3, 0.4) is 0 Å². The Labute approximate surface area is 378 Å². The lowest BCUT2D eigenvalue weighted by Gasteiger charge is -2.23. The molecule has 0 aromatic rings. The summed E-state index contributed by atoms with van der Waals surface area (Å²) < 4.78 is 49.0. The molecule has 2 atom stereocenters. The molecule has 0 fully saturated rings. The molecule has 0 radical (unpaired) electrons. The van der Waals surface area contributed by atoms with Crippen LogP contribution in [0.15, 0.2) is 12.2 Å². The summed E-state index contributed by atoms with van der Waals surface area (Å²) in [6.07, 6.45) is 4.01. The molecule has 0 bridgehead atoms. The number of carbonyl (C=O) groups is 7. The molecule has 0 aromatic carbocycles. The zero-order valence-corrected chi connectivity index (χ0v) is 38.7. The van der Waals surface area contributed by atoms with Crippen LogP contribution < -0.4 is 10.6 Å². The zero-order chi connectivity index (χ0) is 47.4. The van der Waals surface area contributed by atoms with Crippen LogP contribution in [0.5, 0.6) is 0 Å². The van der Waals surface area contributed by atoms with Gasteiger partial charge in [-0.1, -0.05) is 20.3 Å². The van der Waals surface area contributed by atoms with Crippen LogP contribution in [0.4, 0.5) is 4.79 Å². The summed E-state index contributed by atoms with van der Waals surface area (Å²) >= 11 is 0. The number of hydrogen-bond donors (Lipinski definition) is 3. The van der Waals surface area contributed by atoms with E-state index in [4.69, 9.17) is 42.6 Å². The van der Waals surface area contributed by atoms with Gasteiger partial charge in [-0.25, -0.2) is 4.79 Å². The largest absolute Gasteiger partial charge is 0.481 e. The van der Waals surface area contributed by atoms with Gasteiger partial charge < -0.3 is 58.4 Å². The number of hydrogen-bond acceptors (Lipinski definition) is 16. The SMILES string of the molecule is CC(C)[C@H](NC(=O)CCOCCOCCOCCOCCOCCOCCOCCOCCCC(=O)CCN1C(=O)C=CC1=O)C(=O)C[C@@H](CCCCNC(=O)OC(C)(C)C)C(=O)O. The van der Waals surface area contributed by atoms with E-state index in [1.165, 1.54) is 12.2 Å². The summed E-state index contributed by atoms with van der Waals surface area (Å²) in [7, 11) is 0. The molecule has 0 aromatic heterocycles.